The number of carbonyl (C=O) groups excluding carboxylic acids is 2. The first kappa shape index (κ1) is 22.3. The summed E-state index contributed by atoms with van der Waals surface area (Å²) in [5, 5.41) is 10.7. The molecule has 0 unspecified atom stereocenters. The lowest BCUT2D eigenvalue weighted by Crippen LogP contribution is -2.28. The molecule has 1 heterocycles. The molecule has 0 aliphatic heterocycles. The van der Waals surface area contributed by atoms with Gasteiger partial charge in [0.25, 0.3) is 0 Å². The molecule has 0 saturated heterocycles. The van der Waals surface area contributed by atoms with Crippen LogP contribution in [0.2, 0.25) is 0 Å². The van der Waals surface area contributed by atoms with Gasteiger partial charge in [-0.25, -0.2) is 4.98 Å². The van der Waals surface area contributed by atoms with Gasteiger partial charge >= 0.3 is 0 Å². The summed E-state index contributed by atoms with van der Waals surface area (Å²) in [5.74, 6) is -0.0513. The van der Waals surface area contributed by atoms with Crippen LogP contribution in [0, 0.1) is 0 Å². The number of hydrogen-bond acceptors (Lipinski definition) is 6. The number of nitrogens with zero attached hydrogens (tertiary/aromatic N) is 1. The second kappa shape index (κ2) is 9.81. The Morgan fingerprint density at radius 1 is 0.886 bits per heavy atom. The van der Waals surface area contributed by atoms with Crippen molar-refractivity contribution in [1.82, 2.24) is 4.98 Å². The van der Waals surface area contributed by atoms with Crippen molar-refractivity contribution in [3.05, 3.63) is 102 Å². The number of Topliss-reactive ketones (excluding diaryl/α,β-unsaturated/α-hetero) is 1. The van der Waals surface area contributed by atoms with Crippen LogP contribution in [0.3, 0.4) is 0 Å². The smallest absolute Gasteiger partial charge is 0.223 e. The fraction of sp³-hybridized carbons (Fsp3) is 0.138. The zero-order valence-electron chi connectivity index (χ0n) is 18.9. The second-order valence-corrected chi connectivity index (χ2v) is 8.26. The van der Waals surface area contributed by atoms with Crippen molar-refractivity contribution in [1.29, 1.82) is 0 Å². The van der Waals surface area contributed by atoms with Gasteiger partial charge in [0.15, 0.2) is 11.5 Å². The van der Waals surface area contributed by atoms with E-state index < -0.39 is 12.6 Å². The highest BCUT2D eigenvalue weighted by Gasteiger charge is 2.28. The number of hydrogen-bond donors (Lipinski definition) is 0. The first-order valence-electron chi connectivity index (χ1n) is 11.4. The summed E-state index contributed by atoms with van der Waals surface area (Å²) in [6.07, 6.45) is 2.12. The van der Waals surface area contributed by atoms with Gasteiger partial charge in [-0.05, 0) is 31.4 Å². The molecule has 0 bridgehead atoms. The molecule has 5 rings (SSSR count). The quantitative estimate of drug-likeness (QED) is 0.342. The highest BCUT2D eigenvalue weighted by Crippen LogP contribution is 2.40. The lowest BCUT2D eigenvalue weighted by molar-refractivity contribution is -0.307. The summed E-state index contributed by atoms with van der Waals surface area (Å²) in [6.45, 7) is -0.577. The Balaban J connectivity index is 1.55. The van der Waals surface area contributed by atoms with E-state index in [0.717, 1.165) is 28.8 Å². The fourth-order valence-electron chi connectivity index (χ4n) is 4.30. The number of allylic oxidation sites excluding steroid dienone is 2. The number of ketones is 1. The van der Waals surface area contributed by atoms with Crippen LogP contribution in [0.25, 0.3) is 28.2 Å². The molecule has 0 saturated carbocycles. The number of ether oxygens (including phenoxy) is 1. The van der Waals surface area contributed by atoms with Crippen LogP contribution in [-0.2, 0) is 4.79 Å². The van der Waals surface area contributed by atoms with Gasteiger partial charge in [-0.3, -0.25) is 4.79 Å². The van der Waals surface area contributed by atoms with Gasteiger partial charge in [0.2, 0.25) is 5.89 Å². The van der Waals surface area contributed by atoms with Gasteiger partial charge in [0, 0.05) is 27.8 Å². The first-order valence-corrected chi connectivity index (χ1v) is 11.4. The maximum absolute atomic E-state index is 13.4. The van der Waals surface area contributed by atoms with E-state index in [2.05, 4.69) is 0 Å². The first-order chi connectivity index (χ1) is 17.1. The van der Waals surface area contributed by atoms with Crippen molar-refractivity contribution in [2.45, 2.75) is 19.3 Å². The third kappa shape index (κ3) is 4.77. The molecule has 0 atom stereocenters. The highest BCUT2D eigenvalue weighted by molar-refractivity contribution is 6.13. The Morgan fingerprint density at radius 2 is 1.60 bits per heavy atom. The van der Waals surface area contributed by atoms with Crippen molar-refractivity contribution in [2.24, 2.45) is 0 Å². The van der Waals surface area contributed by atoms with Crippen molar-refractivity contribution in [3.63, 3.8) is 0 Å². The van der Waals surface area contributed by atoms with Gasteiger partial charge in [0.05, 0.1) is 5.97 Å². The van der Waals surface area contributed by atoms with E-state index in [-0.39, 0.29) is 5.78 Å². The van der Waals surface area contributed by atoms with Crippen LogP contribution >= 0.6 is 0 Å². The lowest BCUT2D eigenvalue weighted by Gasteiger charge is -2.09. The molecule has 1 aliphatic carbocycles. The largest absolute Gasteiger partial charge is 0.546 e. The van der Waals surface area contributed by atoms with E-state index in [1.165, 1.54) is 0 Å². The maximum Gasteiger partial charge on any atom is 0.223 e. The van der Waals surface area contributed by atoms with Gasteiger partial charge in [-0.1, -0.05) is 72.8 Å². The molecular formula is C29H22NO5-. The summed E-state index contributed by atoms with van der Waals surface area (Å²) in [4.78, 5) is 29.0. The average Bonchev–Trinajstić information content (AvgIpc) is 3.56. The van der Waals surface area contributed by atoms with Crippen LogP contribution < -0.4 is 9.84 Å². The molecular weight excluding hydrogens is 442 g/mol. The average molecular weight is 464 g/mol. The van der Waals surface area contributed by atoms with Crippen molar-refractivity contribution in [3.8, 4) is 28.3 Å². The summed E-state index contributed by atoms with van der Waals surface area (Å²) < 4.78 is 11.5. The Morgan fingerprint density at radius 3 is 2.31 bits per heavy atom. The number of carboxylic acid groups (broad SMARTS) is 1. The van der Waals surface area contributed by atoms with Crippen molar-refractivity contribution in [2.75, 3.05) is 6.61 Å². The fourth-order valence-corrected chi connectivity index (χ4v) is 4.30. The van der Waals surface area contributed by atoms with E-state index in [1.807, 2.05) is 60.7 Å². The molecule has 4 aromatic rings. The monoisotopic (exact) mass is 464 g/mol. The Labute approximate surface area is 202 Å². The number of carbonyl (C=O) groups is 2. The molecule has 0 spiro atoms. The molecule has 0 amide bonds. The normalized spacial score (nSPS) is 13.1. The second-order valence-electron chi connectivity index (χ2n) is 8.26. The highest BCUT2D eigenvalue weighted by atomic mass is 16.5. The third-order valence-corrected chi connectivity index (χ3v) is 5.91. The zero-order valence-corrected chi connectivity index (χ0v) is 18.9. The van der Waals surface area contributed by atoms with Gasteiger partial charge in [-0.15, -0.1) is 0 Å². The van der Waals surface area contributed by atoms with Crippen LogP contribution in [0.4, 0.5) is 0 Å². The SMILES string of the molecule is O=C([O-])COc1cccc(C(=O)C2=C(c3nc(-c4ccccc4)c(-c4ccccc4)o3)CCC2)c1. The predicted octanol–water partition coefficient (Wildman–Crippen LogP) is 4.96. The van der Waals surface area contributed by atoms with Gasteiger partial charge in [0.1, 0.15) is 18.1 Å². The van der Waals surface area contributed by atoms with Crippen LogP contribution in [0.15, 0.2) is 94.9 Å². The molecule has 1 aromatic heterocycles. The number of aromatic nitrogens is 1. The molecule has 174 valence electrons. The van der Waals surface area contributed by atoms with Crippen LogP contribution in [-0.4, -0.2) is 23.3 Å². The maximum atomic E-state index is 13.4. The Bertz CT molecular complexity index is 1350. The minimum Gasteiger partial charge on any atom is -0.546 e. The number of oxazole rings is 1. The number of rotatable bonds is 8. The molecule has 0 fully saturated rings. The van der Waals surface area contributed by atoms with E-state index >= 15 is 0 Å². The number of carboxylic acids is 1. The lowest BCUT2D eigenvalue weighted by atomic mass is 10.00. The Kier molecular flexibility index (Phi) is 6.26. The summed E-state index contributed by atoms with van der Waals surface area (Å²) in [5.41, 5.74) is 4.46. The minimum absolute atomic E-state index is 0.142. The molecule has 6 heteroatoms. The standard InChI is InChI=1S/C29H23NO5/c31-25(32)18-34-22-14-7-13-21(17-22)27(33)23-15-8-16-24(23)29-30-26(19-9-3-1-4-10-19)28(35-29)20-11-5-2-6-12-20/h1-7,9-14,17H,8,15-16,18H2,(H,31,32)/p-1. The topological polar surface area (TPSA) is 92.5 Å². The van der Waals surface area contributed by atoms with E-state index in [1.54, 1.807) is 24.3 Å². The van der Waals surface area contributed by atoms with E-state index in [0.29, 0.717) is 41.4 Å². The molecule has 0 N–H and O–H groups in total. The molecule has 35 heavy (non-hydrogen) atoms. The molecule has 6 nitrogen and oxygen atoms in total. The molecule has 0 radical (unpaired) electrons. The van der Waals surface area contributed by atoms with Gasteiger partial charge in [-0.2, -0.15) is 0 Å². The minimum atomic E-state index is -1.32. The third-order valence-electron chi connectivity index (χ3n) is 5.91. The molecule has 3 aromatic carbocycles. The summed E-state index contributed by atoms with van der Waals surface area (Å²) >= 11 is 0. The van der Waals surface area contributed by atoms with E-state index in [4.69, 9.17) is 14.1 Å². The van der Waals surface area contributed by atoms with Crippen LogP contribution in [0.1, 0.15) is 35.5 Å². The Hall–Kier alpha value is -4.45. The number of aliphatic carboxylic acids is 1. The number of benzene rings is 3. The predicted molar refractivity (Wildman–Crippen MR) is 129 cm³/mol. The van der Waals surface area contributed by atoms with Crippen molar-refractivity contribution < 1.29 is 23.8 Å². The molecule has 1 aliphatic rings. The van der Waals surface area contributed by atoms with Gasteiger partial charge < -0.3 is 19.1 Å². The summed E-state index contributed by atoms with van der Waals surface area (Å²) in [6, 6.07) is 26.2. The summed E-state index contributed by atoms with van der Waals surface area (Å²) in [7, 11) is 0. The van der Waals surface area contributed by atoms with E-state index in [9.17, 15) is 14.7 Å². The van der Waals surface area contributed by atoms with Crippen LogP contribution in [0.5, 0.6) is 5.75 Å². The zero-order chi connectivity index (χ0) is 24.2. The van der Waals surface area contributed by atoms with Crippen molar-refractivity contribution >= 4 is 17.3 Å².